The quantitative estimate of drug-likeness (QED) is 0.685. The van der Waals surface area contributed by atoms with Crippen molar-refractivity contribution in [3.05, 3.63) is 78.1 Å². The minimum Gasteiger partial charge on any atom is -0.497 e. The maximum absolute atomic E-state index is 12.5. The fourth-order valence-electron chi connectivity index (χ4n) is 2.47. The molecule has 1 aromatic heterocycles. The van der Waals surface area contributed by atoms with Gasteiger partial charge in [-0.1, -0.05) is 6.07 Å². The summed E-state index contributed by atoms with van der Waals surface area (Å²) in [4.78, 5) is 29.0. The number of amides is 2. The number of rotatable bonds is 6. The number of carbonyl (C=O) groups excluding carboxylic acids is 2. The molecular weight excluding hydrogens is 358 g/mol. The van der Waals surface area contributed by atoms with Crippen molar-refractivity contribution in [3.8, 4) is 11.5 Å². The zero-order valence-corrected chi connectivity index (χ0v) is 15.4. The lowest BCUT2D eigenvalue weighted by atomic mass is 10.2. The van der Waals surface area contributed by atoms with Crippen molar-refractivity contribution in [2.45, 2.75) is 0 Å². The second kappa shape index (κ2) is 8.68. The van der Waals surface area contributed by atoms with Crippen LogP contribution in [0, 0.1) is 0 Å². The minimum atomic E-state index is -0.416. The highest BCUT2D eigenvalue weighted by atomic mass is 16.5. The van der Waals surface area contributed by atoms with Crippen LogP contribution in [0.5, 0.6) is 11.5 Å². The number of aromatic nitrogens is 1. The van der Waals surface area contributed by atoms with E-state index in [9.17, 15) is 9.59 Å². The molecule has 142 valence electrons. The van der Waals surface area contributed by atoms with Crippen molar-refractivity contribution < 1.29 is 19.1 Å². The van der Waals surface area contributed by atoms with E-state index in [4.69, 9.17) is 9.47 Å². The number of nitrogens with one attached hydrogen (secondary N) is 2. The lowest BCUT2D eigenvalue weighted by molar-refractivity contribution is 0.102. The summed E-state index contributed by atoms with van der Waals surface area (Å²) in [6, 6.07) is 16.9. The van der Waals surface area contributed by atoms with E-state index in [0.717, 1.165) is 0 Å². The Kier molecular flexibility index (Phi) is 5.86. The van der Waals surface area contributed by atoms with Gasteiger partial charge >= 0.3 is 0 Å². The van der Waals surface area contributed by atoms with Gasteiger partial charge in [-0.2, -0.15) is 0 Å². The van der Waals surface area contributed by atoms with Crippen LogP contribution in [-0.2, 0) is 0 Å². The molecule has 0 saturated heterocycles. The molecule has 0 radical (unpaired) electrons. The van der Waals surface area contributed by atoms with Crippen molar-refractivity contribution >= 4 is 23.2 Å². The smallest absolute Gasteiger partial charge is 0.274 e. The van der Waals surface area contributed by atoms with Gasteiger partial charge in [0.1, 0.15) is 17.2 Å². The van der Waals surface area contributed by atoms with Crippen LogP contribution in [0.3, 0.4) is 0 Å². The van der Waals surface area contributed by atoms with Crippen LogP contribution in [0.2, 0.25) is 0 Å². The molecule has 3 rings (SSSR count). The number of benzene rings is 2. The summed E-state index contributed by atoms with van der Waals surface area (Å²) < 4.78 is 10.2. The van der Waals surface area contributed by atoms with Crippen molar-refractivity contribution in [1.29, 1.82) is 0 Å². The normalized spacial score (nSPS) is 10.1. The number of ether oxygens (including phenoxy) is 2. The predicted molar refractivity (Wildman–Crippen MR) is 106 cm³/mol. The Hall–Kier alpha value is -3.87. The van der Waals surface area contributed by atoms with Gasteiger partial charge in [0.2, 0.25) is 0 Å². The molecule has 0 fully saturated rings. The summed E-state index contributed by atoms with van der Waals surface area (Å²) in [7, 11) is 3.12. The number of anilines is 2. The highest BCUT2D eigenvalue weighted by Gasteiger charge is 2.13. The fourth-order valence-corrected chi connectivity index (χ4v) is 2.47. The Morgan fingerprint density at radius 3 is 2.21 bits per heavy atom. The van der Waals surface area contributed by atoms with Gasteiger partial charge in [-0.15, -0.1) is 0 Å². The topological polar surface area (TPSA) is 89.5 Å². The molecule has 0 saturated carbocycles. The predicted octanol–water partition coefficient (Wildman–Crippen LogP) is 3.60. The summed E-state index contributed by atoms with van der Waals surface area (Å²) in [6.07, 6.45) is 1.42. The minimum absolute atomic E-state index is 0.133. The average Bonchev–Trinajstić information content (AvgIpc) is 2.74. The highest BCUT2D eigenvalue weighted by molar-refractivity contribution is 6.07. The van der Waals surface area contributed by atoms with Gasteiger partial charge in [0.15, 0.2) is 0 Å². The molecule has 0 aliphatic heterocycles. The number of hydrogen-bond acceptors (Lipinski definition) is 5. The monoisotopic (exact) mass is 377 g/mol. The Bertz CT molecular complexity index is 987. The second-order valence-corrected chi connectivity index (χ2v) is 5.80. The fraction of sp³-hybridized carbons (Fsp3) is 0.0952. The number of carbonyl (C=O) groups is 2. The summed E-state index contributed by atoms with van der Waals surface area (Å²) in [6.45, 7) is 0. The molecule has 7 heteroatoms. The van der Waals surface area contributed by atoms with Crippen LogP contribution in [0.15, 0.2) is 66.9 Å². The second-order valence-electron chi connectivity index (χ2n) is 5.80. The summed E-state index contributed by atoms with van der Waals surface area (Å²) >= 11 is 0. The summed E-state index contributed by atoms with van der Waals surface area (Å²) in [5.74, 6) is 0.551. The van der Waals surface area contributed by atoms with Crippen LogP contribution >= 0.6 is 0 Å². The third-order valence-electron chi connectivity index (χ3n) is 3.93. The van der Waals surface area contributed by atoms with Gasteiger partial charge in [0, 0.05) is 29.2 Å². The van der Waals surface area contributed by atoms with Crippen LogP contribution in [-0.4, -0.2) is 31.0 Å². The van der Waals surface area contributed by atoms with Gasteiger partial charge in [-0.3, -0.25) is 14.6 Å². The molecule has 0 bridgehead atoms. The molecule has 28 heavy (non-hydrogen) atoms. The zero-order chi connectivity index (χ0) is 19.9. The highest BCUT2D eigenvalue weighted by Crippen LogP contribution is 2.18. The van der Waals surface area contributed by atoms with E-state index in [-0.39, 0.29) is 11.6 Å². The number of nitrogens with zero attached hydrogens (tertiary/aromatic N) is 1. The first-order chi connectivity index (χ1) is 13.6. The SMILES string of the molecule is COc1ccc(NC(=O)c2cc(C(=O)Nc3cccc(OC)c3)ccn2)cc1. The van der Waals surface area contributed by atoms with E-state index in [1.165, 1.54) is 12.3 Å². The third-order valence-corrected chi connectivity index (χ3v) is 3.93. The van der Waals surface area contributed by atoms with E-state index >= 15 is 0 Å². The van der Waals surface area contributed by atoms with E-state index in [1.54, 1.807) is 68.8 Å². The van der Waals surface area contributed by atoms with Crippen LogP contribution in [0.25, 0.3) is 0 Å². The van der Waals surface area contributed by atoms with Gasteiger partial charge in [0.25, 0.3) is 11.8 Å². The van der Waals surface area contributed by atoms with E-state index in [0.29, 0.717) is 28.4 Å². The first-order valence-electron chi connectivity index (χ1n) is 8.46. The number of methoxy groups -OCH3 is 2. The number of hydrogen-bond donors (Lipinski definition) is 2. The van der Waals surface area contributed by atoms with Gasteiger partial charge < -0.3 is 20.1 Å². The largest absolute Gasteiger partial charge is 0.497 e. The Labute approximate surface area is 162 Å². The summed E-state index contributed by atoms with van der Waals surface area (Å²) in [5, 5.41) is 5.50. The van der Waals surface area contributed by atoms with Crippen molar-refractivity contribution in [2.24, 2.45) is 0 Å². The summed E-state index contributed by atoms with van der Waals surface area (Å²) in [5.41, 5.74) is 1.64. The number of pyridine rings is 1. The maximum atomic E-state index is 12.5. The molecule has 2 N–H and O–H groups in total. The van der Waals surface area contributed by atoms with E-state index in [2.05, 4.69) is 15.6 Å². The van der Waals surface area contributed by atoms with Gasteiger partial charge in [-0.25, -0.2) is 0 Å². The van der Waals surface area contributed by atoms with E-state index in [1.807, 2.05) is 0 Å². The maximum Gasteiger partial charge on any atom is 0.274 e. The van der Waals surface area contributed by atoms with E-state index < -0.39 is 5.91 Å². The van der Waals surface area contributed by atoms with Crippen molar-refractivity contribution in [1.82, 2.24) is 4.98 Å². The molecule has 0 atom stereocenters. The molecule has 7 nitrogen and oxygen atoms in total. The first kappa shape index (κ1) is 18.9. The van der Waals surface area contributed by atoms with Gasteiger partial charge in [-0.05, 0) is 48.5 Å². The third kappa shape index (κ3) is 4.64. The van der Waals surface area contributed by atoms with Crippen LogP contribution < -0.4 is 20.1 Å². The molecule has 3 aromatic rings. The average molecular weight is 377 g/mol. The van der Waals surface area contributed by atoms with Gasteiger partial charge in [0.05, 0.1) is 14.2 Å². The molecule has 2 aromatic carbocycles. The zero-order valence-electron chi connectivity index (χ0n) is 15.4. The Balaban J connectivity index is 1.71. The lowest BCUT2D eigenvalue weighted by Crippen LogP contribution is -2.17. The molecule has 1 heterocycles. The molecular formula is C21H19N3O4. The Morgan fingerprint density at radius 1 is 0.786 bits per heavy atom. The molecule has 0 spiro atoms. The lowest BCUT2D eigenvalue weighted by Gasteiger charge is -2.09. The standard InChI is InChI=1S/C21H19N3O4/c1-27-17-8-6-15(7-9-17)23-21(26)19-12-14(10-11-22-19)20(25)24-16-4-3-5-18(13-16)28-2/h3-13H,1-2H3,(H,23,26)(H,24,25). The molecule has 0 unspecified atom stereocenters. The Morgan fingerprint density at radius 2 is 1.50 bits per heavy atom. The van der Waals surface area contributed by atoms with Crippen molar-refractivity contribution in [2.75, 3.05) is 24.9 Å². The molecule has 0 aliphatic carbocycles. The first-order valence-corrected chi connectivity index (χ1v) is 8.46. The van der Waals surface area contributed by atoms with Crippen LogP contribution in [0.1, 0.15) is 20.8 Å². The van der Waals surface area contributed by atoms with Crippen LogP contribution in [0.4, 0.5) is 11.4 Å². The van der Waals surface area contributed by atoms with Crippen molar-refractivity contribution in [3.63, 3.8) is 0 Å². The molecule has 2 amide bonds. The molecule has 0 aliphatic rings.